The van der Waals surface area contributed by atoms with E-state index in [2.05, 4.69) is 37.5 Å². The maximum atomic E-state index is 4.84. The van der Waals surface area contributed by atoms with E-state index < -0.39 is 0 Å². The van der Waals surface area contributed by atoms with Gasteiger partial charge in [-0.3, -0.25) is 4.98 Å². The minimum Gasteiger partial charge on any atom is -0.370 e. The fourth-order valence-corrected chi connectivity index (χ4v) is 3.26. The third-order valence-corrected chi connectivity index (χ3v) is 4.64. The van der Waals surface area contributed by atoms with Gasteiger partial charge in [0.25, 0.3) is 0 Å². The van der Waals surface area contributed by atoms with Gasteiger partial charge < -0.3 is 10.6 Å². The average molecular weight is 355 g/mol. The summed E-state index contributed by atoms with van der Waals surface area (Å²) >= 11 is 0. The highest BCUT2D eigenvalue weighted by Crippen LogP contribution is 2.24. The minimum atomic E-state index is 0.232. The fraction of sp³-hybridized carbons (Fsp3) is 0.471. The quantitative estimate of drug-likeness (QED) is 0.395. The van der Waals surface area contributed by atoms with Crippen molar-refractivity contribution in [2.24, 2.45) is 0 Å². The number of hydrogen-bond donors (Lipinski definition) is 6. The molecule has 0 atom stereocenters. The number of aromatic nitrogens is 3. The SMILES string of the molecule is c1cc(-c2nc3c(c(NCCCC4NNNN4)n2)CCNCC3)ccn1. The maximum absolute atomic E-state index is 4.84. The molecule has 138 valence electrons. The van der Waals surface area contributed by atoms with Crippen LogP contribution in [-0.4, -0.2) is 40.8 Å². The highest BCUT2D eigenvalue weighted by Gasteiger charge is 2.17. The molecule has 0 aliphatic carbocycles. The maximum Gasteiger partial charge on any atom is 0.161 e. The Morgan fingerprint density at radius 2 is 1.85 bits per heavy atom. The van der Waals surface area contributed by atoms with Crippen molar-refractivity contribution < 1.29 is 0 Å². The predicted octanol–water partition coefficient (Wildman–Crippen LogP) is -0.138. The molecule has 9 nitrogen and oxygen atoms in total. The van der Waals surface area contributed by atoms with Gasteiger partial charge in [-0.05, 0) is 37.9 Å². The van der Waals surface area contributed by atoms with Crippen LogP contribution in [0.15, 0.2) is 24.5 Å². The minimum absolute atomic E-state index is 0.232. The number of rotatable bonds is 6. The van der Waals surface area contributed by atoms with E-state index in [9.17, 15) is 0 Å². The molecule has 1 fully saturated rings. The van der Waals surface area contributed by atoms with Crippen molar-refractivity contribution >= 4 is 5.82 Å². The zero-order chi connectivity index (χ0) is 17.6. The number of hydrazine groups is 3. The molecule has 6 N–H and O–H groups in total. The van der Waals surface area contributed by atoms with Crippen LogP contribution in [0.25, 0.3) is 11.4 Å². The van der Waals surface area contributed by atoms with E-state index in [-0.39, 0.29) is 6.17 Å². The second kappa shape index (κ2) is 8.47. The highest BCUT2D eigenvalue weighted by atomic mass is 15.8. The van der Waals surface area contributed by atoms with Gasteiger partial charge in [-0.25, -0.2) is 20.8 Å². The van der Waals surface area contributed by atoms with Crippen LogP contribution < -0.4 is 32.6 Å². The molecule has 2 aliphatic heterocycles. The summed E-state index contributed by atoms with van der Waals surface area (Å²) in [6.45, 7) is 2.79. The number of nitrogens with one attached hydrogen (secondary N) is 6. The van der Waals surface area contributed by atoms with Crippen molar-refractivity contribution in [3.63, 3.8) is 0 Å². The molecule has 0 bridgehead atoms. The lowest BCUT2D eigenvalue weighted by atomic mass is 10.1. The van der Waals surface area contributed by atoms with Crippen molar-refractivity contribution in [1.82, 2.24) is 42.2 Å². The van der Waals surface area contributed by atoms with Crippen molar-refractivity contribution in [3.05, 3.63) is 35.8 Å². The van der Waals surface area contributed by atoms with Crippen LogP contribution in [0.4, 0.5) is 5.82 Å². The van der Waals surface area contributed by atoms with E-state index in [0.717, 1.165) is 68.2 Å². The first-order valence-electron chi connectivity index (χ1n) is 9.16. The number of nitrogens with zero attached hydrogens (tertiary/aromatic N) is 3. The monoisotopic (exact) mass is 355 g/mol. The Morgan fingerprint density at radius 3 is 2.69 bits per heavy atom. The molecule has 9 heteroatoms. The molecule has 4 rings (SSSR count). The molecule has 0 aromatic carbocycles. The van der Waals surface area contributed by atoms with E-state index in [0.29, 0.717) is 0 Å². The molecule has 0 radical (unpaired) electrons. The zero-order valence-corrected chi connectivity index (χ0v) is 14.7. The molecular weight excluding hydrogens is 330 g/mol. The highest BCUT2D eigenvalue weighted by molar-refractivity contribution is 5.59. The van der Waals surface area contributed by atoms with Gasteiger partial charge in [0.1, 0.15) is 5.82 Å². The van der Waals surface area contributed by atoms with Crippen molar-refractivity contribution in [1.29, 1.82) is 0 Å². The Balaban J connectivity index is 1.51. The van der Waals surface area contributed by atoms with Gasteiger partial charge in [0.15, 0.2) is 5.82 Å². The number of pyridine rings is 1. The van der Waals surface area contributed by atoms with Crippen molar-refractivity contribution in [2.75, 3.05) is 25.0 Å². The Kier molecular flexibility index (Phi) is 5.62. The Hall–Kier alpha value is -2.17. The lowest BCUT2D eigenvalue weighted by molar-refractivity contribution is 0.479. The first kappa shape index (κ1) is 17.3. The molecule has 0 unspecified atom stereocenters. The summed E-state index contributed by atoms with van der Waals surface area (Å²) in [7, 11) is 0. The van der Waals surface area contributed by atoms with Gasteiger partial charge in [0.05, 0.1) is 11.9 Å². The molecule has 2 aliphatic rings. The molecular formula is C17H25N9. The Labute approximate surface area is 152 Å². The predicted molar refractivity (Wildman–Crippen MR) is 99.6 cm³/mol. The van der Waals surface area contributed by atoms with Crippen LogP contribution in [0.3, 0.4) is 0 Å². The summed E-state index contributed by atoms with van der Waals surface area (Å²) in [5.41, 5.74) is 15.3. The topological polar surface area (TPSA) is 111 Å². The van der Waals surface area contributed by atoms with Gasteiger partial charge in [-0.1, -0.05) is 0 Å². The zero-order valence-electron chi connectivity index (χ0n) is 14.7. The second-order valence-electron chi connectivity index (χ2n) is 6.47. The lowest BCUT2D eigenvalue weighted by Crippen LogP contribution is -2.33. The molecule has 4 heterocycles. The van der Waals surface area contributed by atoms with Crippen molar-refractivity contribution in [2.45, 2.75) is 31.8 Å². The first-order valence-corrected chi connectivity index (χ1v) is 9.16. The van der Waals surface area contributed by atoms with Gasteiger partial charge in [0.2, 0.25) is 0 Å². The molecule has 0 amide bonds. The molecule has 0 spiro atoms. The number of fused-ring (bicyclic) bond motifs is 1. The Bertz CT molecular complexity index is 716. The summed E-state index contributed by atoms with van der Waals surface area (Å²) < 4.78 is 0. The molecule has 2 aromatic heterocycles. The molecule has 2 aromatic rings. The average Bonchev–Trinajstić information content (AvgIpc) is 3.09. The lowest BCUT2D eigenvalue weighted by Gasteiger charge is -2.15. The standard InChI is InChI=1S/C17H25N9/c1(2-15-23-25-26-24-15)7-20-17-13-5-10-19-11-6-14(13)21-16(22-17)12-3-8-18-9-4-12/h3-4,8-9,15,19,23-26H,1-2,5-7,10-11H2,(H,20,21,22). The molecule has 26 heavy (non-hydrogen) atoms. The van der Waals surface area contributed by atoms with E-state index in [1.807, 2.05) is 12.1 Å². The summed E-state index contributed by atoms with van der Waals surface area (Å²) in [5, 5.41) is 6.99. The van der Waals surface area contributed by atoms with Crippen LogP contribution in [0.5, 0.6) is 0 Å². The third kappa shape index (κ3) is 4.14. The van der Waals surface area contributed by atoms with Gasteiger partial charge in [-0.2, -0.15) is 11.1 Å². The van der Waals surface area contributed by atoms with Crippen LogP contribution in [0, 0.1) is 0 Å². The van der Waals surface area contributed by atoms with Gasteiger partial charge in [-0.15, -0.1) is 0 Å². The molecule has 0 saturated carbocycles. The summed E-state index contributed by atoms with van der Waals surface area (Å²) in [6, 6.07) is 3.91. The summed E-state index contributed by atoms with van der Waals surface area (Å²) in [4.78, 5) is 13.8. The van der Waals surface area contributed by atoms with Crippen molar-refractivity contribution in [3.8, 4) is 11.4 Å². The van der Waals surface area contributed by atoms with Crippen LogP contribution in [0.2, 0.25) is 0 Å². The second-order valence-corrected chi connectivity index (χ2v) is 6.47. The summed E-state index contributed by atoms with van der Waals surface area (Å²) in [5.74, 6) is 1.73. The van der Waals surface area contributed by atoms with Crippen LogP contribution >= 0.6 is 0 Å². The molecule has 1 saturated heterocycles. The van der Waals surface area contributed by atoms with Gasteiger partial charge >= 0.3 is 0 Å². The third-order valence-electron chi connectivity index (χ3n) is 4.64. The number of hydrogen-bond acceptors (Lipinski definition) is 9. The first-order chi connectivity index (χ1) is 12.9. The summed E-state index contributed by atoms with van der Waals surface area (Å²) in [6.07, 6.45) is 7.70. The Morgan fingerprint density at radius 1 is 1.04 bits per heavy atom. The van der Waals surface area contributed by atoms with Crippen LogP contribution in [-0.2, 0) is 12.8 Å². The van der Waals surface area contributed by atoms with Crippen LogP contribution in [0.1, 0.15) is 24.1 Å². The van der Waals surface area contributed by atoms with E-state index in [4.69, 9.17) is 9.97 Å². The fourth-order valence-electron chi connectivity index (χ4n) is 3.26. The van der Waals surface area contributed by atoms with E-state index in [1.165, 1.54) is 5.56 Å². The number of anilines is 1. The van der Waals surface area contributed by atoms with E-state index in [1.54, 1.807) is 12.4 Å². The van der Waals surface area contributed by atoms with Gasteiger partial charge in [0, 0.05) is 43.0 Å². The smallest absolute Gasteiger partial charge is 0.161 e. The largest absolute Gasteiger partial charge is 0.370 e. The normalized spacial score (nSPS) is 17.7. The van der Waals surface area contributed by atoms with E-state index >= 15 is 0 Å².